The van der Waals surface area contributed by atoms with E-state index in [1.54, 1.807) is 0 Å². The summed E-state index contributed by atoms with van der Waals surface area (Å²) in [6.45, 7) is 6.74. The van der Waals surface area contributed by atoms with E-state index in [4.69, 9.17) is 5.73 Å². The zero-order valence-corrected chi connectivity index (χ0v) is 13.6. The zero-order valence-electron chi connectivity index (χ0n) is 12.8. The van der Waals surface area contributed by atoms with Crippen LogP contribution in [0.15, 0.2) is 24.3 Å². The summed E-state index contributed by atoms with van der Waals surface area (Å²) >= 11 is 1.52. The lowest BCUT2D eigenvalue weighted by Gasteiger charge is -2.08. The number of carbonyl (C=O) groups is 1. The number of rotatable bonds is 5. The number of nitrogens with two attached hydrogens (primary N) is 1. The van der Waals surface area contributed by atoms with Gasteiger partial charge in [-0.25, -0.2) is 0 Å². The van der Waals surface area contributed by atoms with Crippen LogP contribution in [0.25, 0.3) is 11.1 Å². The summed E-state index contributed by atoms with van der Waals surface area (Å²) in [5.74, 6) is -0.0829. The number of hydrogen-bond acceptors (Lipinski definition) is 3. The molecule has 0 bridgehead atoms. The van der Waals surface area contributed by atoms with Gasteiger partial charge in [-0.05, 0) is 30.9 Å². The second kappa shape index (κ2) is 6.76. The van der Waals surface area contributed by atoms with Crippen molar-refractivity contribution in [2.75, 3.05) is 12.3 Å². The molecule has 21 heavy (non-hydrogen) atoms. The molecule has 0 radical (unpaired) electrons. The number of nitrogens with one attached hydrogen (secondary N) is 1. The summed E-state index contributed by atoms with van der Waals surface area (Å²) < 4.78 is 0. The molecule has 4 heteroatoms. The molecule has 3 nitrogen and oxygen atoms in total. The molecule has 0 spiro atoms. The average Bonchev–Trinajstić information content (AvgIpc) is 2.84. The number of anilines is 1. The number of nitrogen functional groups attached to an aromatic ring is 1. The standard InChI is InChI=1S/C17H22N2OS/c1-4-11-7-9-12(10-8-11)14-13(5-2)21-16(18)15(14)17(20)19-6-3/h7-10H,4-6,18H2,1-3H3,(H,19,20). The van der Waals surface area contributed by atoms with Gasteiger partial charge in [-0.2, -0.15) is 0 Å². The van der Waals surface area contributed by atoms with Gasteiger partial charge >= 0.3 is 0 Å². The molecule has 3 N–H and O–H groups in total. The van der Waals surface area contributed by atoms with Crippen LogP contribution in [0.3, 0.4) is 0 Å². The molecule has 1 heterocycles. The lowest BCUT2D eigenvalue weighted by atomic mass is 9.98. The number of hydrogen-bond donors (Lipinski definition) is 2. The Bertz CT molecular complexity index is 629. The third-order valence-electron chi connectivity index (χ3n) is 3.54. The third-order valence-corrected chi connectivity index (χ3v) is 4.71. The fourth-order valence-electron chi connectivity index (χ4n) is 2.43. The SMILES string of the molecule is CCNC(=O)c1c(N)sc(CC)c1-c1ccc(CC)cc1. The van der Waals surface area contributed by atoms with Crippen molar-refractivity contribution in [2.24, 2.45) is 0 Å². The number of benzene rings is 1. The van der Waals surface area contributed by atoms with Gasteiger partial charge < -0.3 is 11.1 Å². The van der Waals surface area contributed by atoms with Crippen LogP contribution >= 0.6 is 11.3 Å². The van der Waals surface area contributed by atoms with E-state index >= 15 is 0 Å². The Morgan fingerprint density at radius 2 is 1.81 bits per heavy atom. The summed E-state index contributed by atoms with van der Waals surface area (Å²) in [5, 5.41) is 3.46. The van der Waals surface area contributed by atoms with E-state index in [1.165, 1.54) is 16.9 Å². The van der Waals surface area contributed by atoms with Crippen LogP contribution in [0.4, 0.5) is 5.00 Å². The molecule has 2 aromatic rings. The molecule has 0 unspecified atom stereocenters. The lowest BCUT2D eigenvalue weighted by molar-refractivity contribution is 0.0957. The van der Waals surface area contributed by atoms with Crippen LogP contribution in [-0.2, 0) is 12.8 Å². The van der Waals surface area contributed by atoms with Crippen molar-refractivity contribution in [3.8, 4) is 11.1 Å². The van der Waals surface area contributed by atoms with Gasteiger partial charge in [0.1, 0.15) is 0 Å². The fraction of sp³-hybridized carbons (Fsp3) is 0.353. The van der Waals surface area contributed by atoms with Gasteiger partial charge in [0, 0.05) is 17.0 Å². The normalized spacial score (nSPS) is 10.6. The Balaban J connectivity index is 2.56. The highest BCUT2D eigenvalue weighted by molar-refractivity contribution is 7.17. The maximum atomic E-state index is 12.3. The smallest absolute Gasteiger partial charge is 0.254 e. The van der Waals surface area contributed by atoms with Crippen molar-refractivity contribution < 1.29 is 4.79 Å². The summed E-state index contributed by atoms with van der Waals surface area (Å²) in [7, 11) is 0. The van der Waals surface area contributed by atoms with Gasteiger partial charge in [0.15, 0.2) is 0 Å². The highest BCUT2D eigenvalue weighted by atomic mass is 32.1. The van der Waals surface area contributed by atoms with Crippen LogP contribution < -0.4 is 11.1 Å². The molecule has 0 aliphatic carbocycles. The van der Waals surface area contributed by atoms with Gasteiger partial charge in [-0.1, -0.05) is 38.1 Å². The van der Waals surface area contributed by atoms with Crippen LogP contribution in [0.5, 0.6) is 0 Å². The Morgan fingerprint density at radius 3 is 2.33 bits per heavy atom. The van der Waals surface area contributed by atoms with Crippen molar-refractivity contribution in [1.82, 2.24) is 5.32 Å². The van der Waals surface area contributed by atoms with Crippen LogP contribution in [0.2, 0.25) is 0 Å². The van der Waals surface area contributed by atoms with E-state index in [2.05, 4.69) is 43.4 Å². The first-order chi connectivity index (χ1) is 10.1. The van der Waals surface area contributed by atoms with Gasteiger partial charge in [-0.15, -0.1) is 11.3 Å². The van der Waals surface area contributed by atoms with Gasteiger partial charge in [-0.3, -0.25) is 4.79 Å². The zero-order chi connectivity index (χ0) is 15.4. The molecule has 0 saturated heterocycles. The second-order valence-corrected chi connectivity index (χ2v) is 6.04. The highest BCUT2D eigenvalue weighted by Gasteiger charge is 2.22. The molecule has 1 aromatic carbocycles. The minimum atomic E-state index is -0.0829. The largest absolute Gasteiger partial charge is 0.390 e. The summed E-state index contributed by atoms with van der Waals surface area (Å²) in [6.07, 6.45) is 1.88. The van der Waals surface area contributed by atoms with Crippen molar-refractivity contribution in [2.45, 2.75) is 33.6 Å². The lowest BCUT2D eigenvalue weighted by Crippen LogP contribution is -2.23. The molecule has 2 rings (SSSR count). The molecule has 0 aliphatic rings. The Labute approximate surface area is 130 Å². The predicted octanol–water partition coefficient (Wildman–Crippen LogP) is 3.87. The molecule has 112 valence electrons. The number of carbonyl (C=O) groups excluding carboxylic acids is 1. The average molecular weight is 302 g/mol. The highest BCUT2D eigenvalue weighted by Crippen LogP contribution is 2.39. The molecular formula is C17H22N2OS. The van der Waals surface area contributed by atoms with Gasteiger partial charge in [0.05, 0.1) is 10.6 Å². The quantitative estimate of drug-likeness (QED) is 0.881. The van der Waals surface area contributed by atoms with E-state index in [0.29, 0.717) is 17.1 Å². The first kappa shape index (κ1) is 15.6. The Kier molecular flexibility index (Phi) is 5.02. The maximum absolute atomic E-state index is 12.3. The molecule has 0 aliphatic heterocycles. The van der Waals surface area contributed by atoms with Crippen molar-refractivity contribution in [3.05, 3.63) is 40.3 Å². The molecule has 1 amide bonds. The predicted molar refractivity (Wildman–Crippen MR) is 90.9 cm³/mol. The van der Waals surface area contributed by atoms with Gasteiger partial charge in [0.25, 0.3) is 5.91 Å². The van der Waals surface area contributed by atoms with E-state index < -0.39 is 0 Å². The Hall–Kier alpha value is -1.81. The van der Waals surface area contributed by atoms with E-state index in [1.807, 2.05) is 6.92 Å². The first-order valence-electron chi connectivity index (χ1n) is 7.40. The molecule has 1 aromatic heterocycles. The maximum Gasteiger partial charge on any atom is 0.254 e. The number of amides is 1. The minimum Gasteiger partial charge on any atom is -0.390 e. The van der Waals surface area contributed by atoms with E-state index in [-0.39, 0.29) is 5.91 Å². The third kappa shape index (κ3) is 3.10. The molecular weight excluding hydrogens is 280 g/mol. The van der Waals surface area contributed by atoms with Crippen molar-refractivity contribution in [3.63, 3.8) is 0 Å². The Morgan fingerprint density at radius 1 is 1.14 bits per heavy atom. The topological polar surface area (TPSA) is 55.1 Å². The fourth-order valence-corrected chi connectivity index (χ4v) is 3.46. The van der Waals surface area contributed by atoms with Crippen molar-refractivity contribution >= 4 is 22.2 Å². The van der Waals surface area contributed by atoms with Crippen LogP contribution in [0.1, 0.15) is 41.6 Å². The first-order valence-corrected chi connectivity index (χ1v) is 8.22. The summed E-state index contributed by atoms with van der Waals surface area (Å²) in [5.41, 5.74) is 10.1. The molecule has 0 atom stereocenters. The number of thiophene rings is 1. The van der Waals surface area contributed by atoms with Crippen molar-refractivity contribution in [1.29, 1.82) is 0 Å². The van der Waals surface area contributed by atoms with E-state index in [9.17, 15) is 4.79 Å². The van der Waals surface area contributed by atoms with Crippen LogP contribution in [-0.4, -0.2) is 12.5 Å². The van der Waals surface area contributed by atoms with Gasteiger partial charge in [0.2, 0.25) is 0 Å². The summed E-state index contributed by atoms with van der Waals surface area (Å²) in [6, 6.07) is 8.40. The second-order valence-electron chi connectivity index (χ2n) is 4.90. The number of aryl methyl sites for hydroxylation is 2. The monoisotopic (exact) mass is 302 g/mol. The molecule has 0 saturated carbocycles. The van der Waals surface area contributed by atoms with E-state index in [0.717, 1.165) is 28.8 Å². The van der Waals surface area contributed by atoms with Crippen LogP contribution in [0, 0.1) is 0 Å². The minimum absolute atomic E-state index is 0.0829. The molecule has 0 fully saturated rings. The summed E-state index contributed by atoms with van der Waals surface area (Å²) in [4.78, 5) is 13.5.